The van der Waals surface area contributed by atoms with Crippen molar-refractivity contribution >= 4 is 20.1 Å². The van der Waals surface area contributed by atoms with Crippen molar-refractivity contribution < 1.29 is 10.0 Å². The van der Waals surface area contributed by atoms with Gasteiger partial charge in [0.1, 0.15) is 0 Å². The van der Waals surface area contributed by atoms with Crippen molar-refractivity contribution in [3.05, 3.63) is 0 Å². The number of guanidine groups is 1. The highest BCUT2D eigenvalue weighted by atomic mass is 16.2. The van der Waals surface area contributed by atoms with Gasteiger partial charge in [0, 0.05) is 6.54 Å². The summed E-state index contributed by atoms with van der Waals surface area (Å²) < 4.78 is 0. The van der Waals surface area contributed by atoms with Crippen LogP contribution in [0.5, 0.6) is 0 Å². The molecule has 0 aliphatic rings. The molecule has 6 nitrogen and oxygen atoms in total. The molecular weight excluding hydrogens is 218 g/mol. The van der Waals surface area contributed by atoms with E-state index < -0.39 is 14.1 Å². The molecule has 0 bridgehead atoms. The summed E-state index contributed by atoms with van der Waals surface area (Å²) in [6, 6.07) is 0. The predicted octanol–water partition coefficient (Wildman–Crippen LogP) is -0.739. The monoisotopic (exact) mass is 242 g/mol. The number of unbranched alkanes of at least 4 members (excludes halogenated alkanes) is 3. The Morgan fingerprint density at radius 3 is 2.35 bits per heavy atom. The molecule has 0 aromatic carbocycles. The van der Waals surface area contributed by atoms with Gasteiger partial charge >= 0.3 is 14.1 Å². The fraction of sp³-hybridized carbons (Fsp3) is 0.889. The first-order valence-corrected chi connectivity index (χ1v) is 6.20. The van der Waals surface area contributed by atoms with Gasteiger partial charge in [0.2, 0.25) is 0 Å². The molecular formula is C9H24B2N4O2. The number of nitrogens with two attached hydrogens (primary N) is 1. The number of rotatable bonds is 8. The summed E-state index contributed by atoms with van der Waals surface area (Å²) in [6.07, 6.45) is 4.31. The largest absolute Gasteiger partial charge is 0.433 e. The van der Waals surface area contributed by atoms with Crippen LogP contribution in [0.2, 0.25) is 13.6 Å². The molecule has 0 aromatic rings. The van der Waals surface area contributed by atoms with E-state index in [-0.39, 0.29) is 0 Å². The highest BCUT2D eigenvalue weighted by Gasteiger charge is 2.08. The van der Waals surface area contributed by atoms with E-state index in [1.165, 1.54) is 0 Å². The van der Waals surface area contributed by atoms with Crippen molar-refractivity contribution in [3.63, 3.8) is 0 Å². The van der Waals surface area contributed by atoms with Crippen LogP contribution in [0.4, 0.5) is 0 Å². The van der Waals surface area contributed by atoms with Crippen LogP contribution in [0.25, 0.3) is 0 Å². The van der Waals surface area contributed by atoms with Gasteiger partial charge in [-0.1, -0.05) is 12.8 Å². The number of nitrogens with zero attached hydrogens (tertiary/aromatic N) is 1. The Kier molecular flexibility index (Phi) is 9.99. The van der Waals surface area contributed by atoms with E-state index in [2.05, 4.69) is 15.4 Å². The van der Waals surface area contributed by atoms with E-state index >= 15 is 0 Å². The summed E-state index contributed by atoms with van der Waals surface area (Å²) in [7, 11) is -1.49. The maximum Gasteiger partial charge on any atom is 0.431 e. The second kappa shape index (κ2) is 10.4. The van der Waals surface area contributed by atoms with E-state index in [0.29, 0.717) is 5.96 Å². The molecule has 0 saturated carbocycles. The van der Waals surface area contributed by atoms with Gasteiger partial charge in [0.25, 0.3) is 0 Å². The molecule has 0 unspecified atom stereocenters. The lowest BCUT2D eigenvalue weighted by atomic mass is 9.88. The van der Waals surface area contributed by atoms with Gasteiger partial charge in [-0.15, -0.1) is 0 Å². The maximum absolute atomic E-state index is 9.18. The molecule has 98 valence electrons. The summed E-state index contributed by atoms with van der Waals surface area (Å²) in [6.45, 7) is 4.66. The van der Waals surface area contributed by atoms with Crippen LogP contribution in [-0.2, 0) is 0 Å². The third-order valence-corrected chi connectivity index (χ3v) is 2.08. The molecule has 0 radical (unpaired) electrons. The summed E-state index contributed by atoms with van der Waals surface area (Å²) in [4.78, 5) is 3.92. The van der Waals surface area contributed by atoms with Crippen LogP contribution in [0, 0.1) is 0 Å². The number of nitrogens with one attached hydrogen (secondary N) is 2. The van der Waals surface area contributed by atoms with Crippen LogP contribution in [0.3, 0.4) is 0 Å². The van der Waals surface area contributed by atoms with E-state index in [1.807, 2.05) is 0 Å². The third kappa shape index (κ3) is 11.5. The topological polar surface area (TPSA) is 103 Å². The van der Waals surface area contributed by atoms with Crippen LogP contribution in [-0.4, -0.2) is 43.2 Å². The number of hydrogen-bond acceptors (Lipinski definition) is 4. The minimum Gasteiger partial charge on any atom is -0.433 e. The van der Waals surface area contributed by atoms with Gasteiger partial charge in [-0.2, -0.15) is 0 Å². The molecule has 0 saturated heterocycles. The van der Waals surface area contributed by atoms with Crippen LogP contribution < -0.4 is 16.3 Å². The Morgan fingerprint density at radius 2 is 1.82 bits per heavy atom. The number of hydrogen-bond donors (Lipinski definition) is 5. The van der Waals surface area contributed by atoms with Crippen LogP contribution in [0.1, 0.15) is 25.7 Å². The van der Waals surface area contributed by atoms with E-state index in [0.717, 1.165) is 38.8 Å². The molecule has 0 amide bonds. The summed E-state index contributed by atoms with van der Waals surface area (Å²) in [5.74, 6) is 0.425. The normalized spacial score (nSPS) is 11.2. The fourth-order valence-electron chi connectivity index (χ4n) is 1.35. The third-order valence-electron chi connectivity index (χ3n) is 2.08. The molecule has 17 heavy (non-hydrogen) atoms. The summed E-state index contributed by atoms with van der Waals surface area (Å²) >= 11 is 0. The molecule has 0 heterocycles. The smallest absolute Gasteiger partial charge is 0.431 e. The molecule has 0 atom stereocenters. The van der Waals surface area contributed by atoms with E-state index in [1.54, 1.807) is 13.6 Å². The highest BCUT2D eigenvalue weighted by Crippen LogP contribution is 1.96. The standard InChI is InChI=1S/C9H24B2N4O2/c1-10(16)14-9(15-11(2)17)13-8-6-4-3-5-7-12/h16-17H,3-8,12H2,1-2H3,(H2,13,14,15). The van der Waals surface area contributed by atoms with Crippen molar-refractivity contribution in [1.29, 1.82) is 0 Å². The molecule has 6 N–H and O–H groups in total. The van der Waals surface area contributed by atoms with Crippen molar-refractivity contribution in [3.8, 4) is 0 Å². The van der Waals surface area contributed by atoms with Crippen molar-refractivity contribution in [2.45, 2.75) is 39.3 Å². The minimum absolute atomic E-state index is 0.425. The average Bonchev–Trinajstić information content (AvgIpc) is 2.21. The molecule has 0 aliphatic carbocycles. The lowest BCUT2D eigenvalue weighted by Gasteiger charge is -2.13. The molecule has 0 aliphatic heterocycles. The van der Waals surface area contributed by atoms with Crippen molar-refractivity contribution in [2.24, 2.45) is 10.6 Å². The Morgan fingerprint density at radius 1 is 1.18 bits per heavy atom. The molecule has 8 heteroatoms. The molecule has 0 aromatic heterocycles. The Hall–Kier alpha value is -0.720. The lowest BCUT2D eigenvalue weighted by Crippen LogP contribution is -2.46. The first kappa shape index (κ1) is 16.3. The van der Waals surface area contributed by atoms with Gasteiger partial charge in [-0.25, -0.2) is 0 Å². The zero-order valence-corrected chi connectivity index (χ0v) is 10.8. The van der Waals surface area contributed by atoms with Gasteiger partial charge in [0.15, 0.2) is 5.96 Å². The second-order valence-electron chi connectivity index (χ2n) is 4.06. The Bertz CT molecular complexity index is 215. The average molecular weight is 242 g/mol. The van der Waals surface area contributed by atoms with Gasteiger partial charge in [-0.3, -0.25) is 4.90 Å². The predicted molar refractivity (Wildman–Crippen MR) is 73.8 cm³/mol. The van der Waals surface area contributed by atoms with Gasteiger partial charge in [-0.05, 0) is 33.0 Å². The maximum atomic E-state index is 9.18. The van der Waals surface area contributed by atoms with E-state index in [9.17, 15) is 5.02 Å². The van der Waals surface area contributed by atoms with Crippen LogP contribution in [0.15, 0.2) is 4.90 Å². The summed E-state index contributed by atoms with van der Waals surface area (Å²) in [5.41, 5.74) is 5.40. The quantitative estimate of drug-likeness (QED) is 0.167. The highest BCUT2D eigenvalue weighted by molar-refractivity contribution is 6.52. The van der Waals surface area contributed by atoms with E-state index in [4.69, 9.17) is 10.8 Å². The van der Waals surface area contributed by atoms with Gasteiger partial charge in [0.05, 0.1) is 0 Å². The summed E-state index contributed by atoms with van der Waals surface area (Å²) in [5, 5.41) is 24.1. The Labute approximate surface area is 104 Å². The zero-order valence-electron chi connectivity index (χ0n) is 10.8. The first-order valence-electron chi connectivity index (χ1n) is 6.20. The zero-order chi connectivity index (χ0) is 13.1. The van der Waals surface area contributed by atoms with Crippen molar-refractivity contribution in [1.82, 2.24) is 10.5 Å². The van der Waals surface area contributed by atoms with Crippen LogP contribution >= 0.6 is 0 Å². The molecule has 0 spiro atoms. The second-order valence-corrected chi connectivity index (χ2v) is 4.06. The Balaban J connectivity index is 3.77. The van der Waals surface area contributed by atoms with Crippen molar-refractivity contribution in [2.75, 3.05) is 13.1 Å². The first-order chi connectivity index (χ1) is 8.06. The minimum atomic E-state index is -0.791. The lowest BCUT2D eigenvalue weighted by molar-refractivity contribution is 0.567. The molecule has 0 fully saturated rings. The fourth-order valence-corrected chi connectivity index (χ4v) is 1.35. The molecule has 0 rings (SSSR count). The van der Waals surface area contributed by atoms with Gasteiger partial charge < -0.3 is 26.3 Å². The SMILES string of the molecule is CB(O)N=C(NCCCCCCN)NB(C)O.